The first kappa shape index (κ1) is 33.2. The van der Waals surface area contributed by atoms with Crippen LogP contribution in [0.1, 0.15) is 40.5 Å². The molecule has 0 bridgehead atoms. The second kappa shape index (κ2) is 16.3. The van der Waals surface area contributed by atoms with Gasteiger partial charge in [0.25, 0.3) is 5.92 Å². The van der Waals surface area contributed by atoms with Crippen molar-refractivity contribution in [2.75, 3.05) is 46.3 Å². The van der Waals surface area contributed by atoms with Gasteiger partial charge < -0.3 is 25.7 Å². The molecule has 0 aromatic rings. The van der Waals surface area contributed by atoms with Gasteiger partial charge in [0.1, 0.15) is 12.1 Å². The Balaban J connectivity index is 1.86. The van der Waals surface area contributed by atoms with Crippen molar-refractivity contribution in [3.8, 4) is 0 Å². The van der Waals surface area contributed by atoms with Crippen molar-refractivity contribution in [3.05, 3.63) is 60.0 Å². The van der Waals surface area contributed by atoms with E-state index in [1.807, 2.05) is 24.8 Å². The Morgan fingerprint density at radius 3 is 2.50 bits per heavy atom. The largest absolute Gasteiger partial charge is 0.478 e. The number of likely N-dealkylation sites (N-methyl/N-ethyl adjacent to an activating group) is 1. The van der Waals surface area contributed by atoms with Gasteiger partial charge in [0, 0.05) is 64.7 Å². The van der Waals surface area contributed by atoms with Gasteiger partial charge in [-0.05, 0) is 43.4 Å². The number of piperazine rings is 1. The van der Waals surface area contributed by atoms with Crippen LogP contribution in [0, 0.1) is 17.8 Å². The van der Waals surface area contributed by atoms with Gasteiger partial charge in [-0.2, -0.15) is 0 Å². The quantitative estimate of drug-likeness (QED) is 0.187. The predicted octanol–water partition coefficient (Wildman–Crippen LogP) is 4.01. The predicted molar refractivity (Wildman–Crippen MR) is 157 cm³/mol. The van der Waals surface area contributed by atoms with Gasteiger partial charge in [-0.15, -0.1) is 0 Å². The molecule has 2 aliphatic rings. The highest BCUT2D eigenvalue weighted by Crippen LogP contribution is 2.21. The lowest BCUT2D eigenvalue weighted by Crippen LogP contribution is -2.52. The Bertz CT molecular complexity index is 997. The molecule has 1 saturated heterocycles. The van der Waals surface area contributed by atoms with E-state index in [9.17, 15) is 18.7 Å². The normalized spacial score (nSPS) is 21.9. The number of hydrogen-bond acceptors (Lipinski definition) is 7. The van der Waals surface area contributed by atoms with Crippen LogP contribution in [0.5, 0.6) is 0 Å². The number of hydrogen-bond donors (Lipinski definition) is 4. The molecule has 4 atom stereocenters. The van der Waals surface area contributed by atoms with Crippen LogP contribution in [-0.2, 0) is 4.79 Å². The third kappa shape index (κ3) is 10.9. The van der Waals surface area contributed by atoms with Gasteiger partial charge in [-0.25, -0.2) is 13.6 Å². The van der Waals surface area contributed by atoms with Crippen molar-refractivity contribution in [1.29, 1.82) is 0 Å². The lowest BCUT2D eigenvalue weighted by Gasteiger charge is -2.39. The average molecular weight is 564 g/mol. The minimum absolute atomic E-state index is 0.0279. The lowest BCUT2D eigenvalue weighted by atomic mass is 9.92. The minimum Gasteiger partial charge on any atom is -0.478 e. The van der Waals surface area contributed by atoms with Crippen molar-refractivity contribution >= 4 is 11.8 Å². The van der Waals surface area contributed by atoms with Crippen molar-refractivity contribution in [3.63, 3.8) is 0 Å². The summed E-state index contributed by atoms with van der Waals surface area (Å²) >= 11 is 0. The van der Waals surface area contributed by atoms with Crippen LogP contribution in [0.4, 0.5) is 8.78 Å². The number of aliphatic carboxylic acids is 1. The van der Waals surface area contributed by atoms with Gasteiger partial charge in [-0.3, -0.25) is 9.89 Å². The second-order valence-corrected chi connectivity index (χ2v) is 10.5. The first-order valence-electron chi connectivity index (χ1n) is 14.2. The summed E-state index contributed by atoms with van der Waals surface area (Å²) < 4.78 is 27.2. The number of allylic oxidation sites excluding steroid dienone is 5. The summed E-state index contributed by atoms with van der Waals surface area (Å²) in [7, 11) is 1.81. The van der Waals surface area contributed by atoms with E-state index in [2.05, 4.69) is 34.6 Å². The topological polar surface area (TPSA) is 100 Å². The Labute approximate surface area is 237 Å². The van der Waals surface area contributed by atoms with Gasteiger partial charge in [-0.1, -0.05) is 45.1 Å². The number of carboxylic acid groups (broad SMARTS) is 1. The van der Waals surface area contributed by atoms with Crippen molar-refractivity contribution < 1.29 is 23.8 Å². The zero-order valence-corrected chi connectivity index (χ0v) is 24.5. The van der Waals surface area contributed by atoms with E-state index in [1.165, 1.54) is 13.0 Å². The summed E-state index contributed by atoms with van der Waals surface area (Å²) in [5.74, 6) is -2.35. The Kier molecular flexibility index (Phi) is 13.6. The summed E-state index contributed by atoms with van der Waals surface area (Å²) in [6.45, 7) is 11.7. The molecule has 0 radical (unpaired) electrons. The standard InChI is InChI=1S/C30H47F2N5O3/c1-6-25(33-5)26(9-8-14-30(31,32)7-2)34-20-23(4)24-11-12-27(35-21-24)36-15-17-37(18-16-36)28(38)19-22(3)10-13-29(39)40/h6,8-14,22-24,28,33-34,38H,7,15-21H2,1-5H3,(H,39,40)/b13-10+,14-8+,25-6+,26-9+. The summed E-state index contributed by atoms with van der Waals surface area (Å²) in [5, 5.41) is 25.9. The smallest absolute Gasteiger partial charge is 0.327 e. The zero-order chi connectivity index (χ0) is 29.7. The molecule has 0 spiro atoms. The first-order chi connectivity index (χ1) is 19.0. The van der Waals surface area contributed by atoms with E-state index in [-0.39, 0.29) is 24.2 Å². The molecule has 2 aliphatic heterocycles. The molecule has 2 heterocycles. The first-order valence-corrected chi connectivity index (χ1v) is 14.2. The summed E-state index contributed by atoms with van der Waals surface area (Å²) in [5.41, 5.74) is 1.60. The van der Waals surface area contributed by atoms with Gasteiger partial charge in [0.2, 0.25) is 0 Å². The molecular formula is C30H47F2N5O3. The highest BCUT2D eigenvalue weighted by Gasteiger charge is 2.26. The number of carbonyl (C=O) groups is 1. The molecule has 224 valence electrons. The fraction of sp³-hybridized carbons (Fsp3) is 0.600. The molecule has 0 aromatic heterocycles. The molecule has 0 amide bonds. The summed E-state index contributed by atoms with van der Waals surface area (Å²) in [4.78, 5) is 19.8. The van der Waals surface area contributed by atoms with Gasteiger partial charge in [0.15, 0.2) is 0 Å². The van der Waals surface area contributed by atoms with E-state index in [0.717, 1.165) is 42.5 Å². The van der Waals surface area contributed by atoms with Gasteiger partial charge in [0.05, 0.1) is 11.4 Å². The fourth-order valence-electron chi connectivity index (χ4n) is 4.66. The molecule has 4 unspecified atom stereocenters. The van der Waals surface area contributed by atoms with Crippen LogP contribution in [0.2, 0.25) is 0 Å². The van der Waals surface area contributed by atoms with Crippen LogP contribution in [0.15, 0.2) is 65.0 Å². The molecule has 4 N–H and O–H groups in total. The third-order valence-corrected chi connectivity index (χ3v) is 7.43. The second-order valence-electron chi connectivity index (χ2n) is 10.5. The third-order valence-electron chi connectivity index (χ3n) is 7.43. The van der Waals surface area contributed by atoms with E-state index >= 15 is 0 Å². The molecule has 0 aromatic carbocycles. The number of carboxylic acids is 1. The lowest BCUT2D eigenvalue weighted by molar-refractivity contribution is -0.131. The molecule has 0 saturated carbocycles. The van der Waals surface area contributed by atoms with E-state index in [4.69, 9.17) is 10.1 Å². The SMILES string of the molecule is C\C=C(NC)/C(=C\C=C\C(F)(F)CC)NCC(C)C1C=CC(N2CCN(C(O)CC(C)/C=C/C(=O)O)CC2)=NC1. The summed E-state index contributed by atoms with van der Waals surface area (Å²) in [6.07, 6.45) is 12.6. The monoisotopic (exact) mass is 563 g/mol. The van der Waals surface area contributed by atoms with Crippen LogP contribution in [-0.4, -0.2) is 90.3 Å². The highest BCUT2D eigenvalue weighted by molar-refractivity contribution is 5.93. The maximum Gasteiger partial charge on any atom is 0.327 e. The maximum atomic E-state index is 13.6. The Hall–Kier alpha value is -2.98. The van der Waals surface area contributed by atoms with Crippen molar-refractivity contribution in [1.82, 2.24) is 20.4 Å². The van der Waals surface area contributed by atoms with Crippen LogP contribution >= 0.6 is 0 Å². The number of aliphatic hydroxyl groups is 1. The number of aliphatic imine (C=N–C) groups is 1. The van der Waals surface area contributed by atoms with E-state index < -0.39 is 18.1 Å². The molecular weight excluding hydrogens is 516 g/mol. The molecule has 1 fully saturated rings. The Morgan fingerprint density at radius 1 is 1.25 bits per heavy atom. The molecule has 0 aliphatic carbocycles. The van der Waals surface area contributed by atoms with Crippen LogP contribution in [0.3, 0.4) is 0 Å². The molecule has 8 nitrogen and oxygen atoms in total. The van der Waals surface area contributed by atoms with Crippen LogP contribution in [0.25, 0.3) is 0 Å². The number of amidine groups is 1. The van der Waals surface area contributed by atoms with Crippen molar-refractivity contribution in [2.45, 2.75) is 52.7 Å². The van der Waals surface area contributed by atoms with E-state index in [1.54, 1.807) is 19.2 Å². The average Bonchev–Trinajstić information content (AvgIpc) is 2.95. The fourth-order valence-corrected chi connectivity index (χ4v) is 4.66. The zero-order valence-electron chi connectivity index (χ0n) is 24.5. The number of alkyl halides is 2. The number of nitrogens with one attached hydrogen (secondary N) is 2. The van der Waals surface area contributed by atoms with E-state index in [0.29, 0.717) is 32.6 Å². The highest BCUT2D eigenvalue weighted by atomic mass is 19.3. The summed E-state index contributed by atoms with van der Waals surface area (Å²) in [6, 6.07) is 0. The number of rotatable bonds is 14. The molecule has 40 heavy (non-hydrogen) atoms. The Morgan fingerprint density at radius 2 is 1.95 bits per heavy atom. The number of nitrogens with zero attached hydrogens (tertiary/aromatic N) is 3. The number of aliphatic hydroxyl groups excluding tert-OH is 1. The maximum absolute atomic E-state index is 13.6. The molecule has 2 rings (SSSR count). The molecule has 10 heteroatoms. The minimum atomic E-state index is -2.82. The number of dihydropyridines is 1. The number of halogens is 2. The van der Waals surface area contributed by atoms with Gasteiger partial charge >= 0.3 is 5.97 Å². The van der Waals surface area contributed by atoms with Crippen molar-refractivity contribution in [2.24, 2.45) is 22.7 Å². The van der Waals surface area contributed by atoms with Crippen LogP contribution < -0.4 is 10.6 Å².